The molecule has 180 valence electrons. The molecule has 0 bridgehead atoms. The molecule has 2 atom stereocenters. The van der Waals surface area contributed by atoms with Crippen LogP contribution >= 0.6 is 11.8 Å². The summed E-state index contributed by atoms with van der Waals surface area (Å²) in [4.78, 5) is 19.2. The van der Waals surface area contributed by atoms with Gasteiger partial charge in [-0.1, -0.05) is 23.9 Å². The van der Waals surface area contributed by atoms with Gasteiger partial charge in [0, 0.05) is 11.8 Å². The number of sulfone groups is 1. The van der Waals surface area contributed by atoms with E-state index in [1.165, 1.54) is 11.8 Å². The van der Waals surface area contributed by atoms with Gasteiger partial charge in [0.25, 0.3) is 5.91 Å². The quantitative estimate of drug-likeness (QED) is 0.586. The van der Waals surface area contributed by atoms with Crippen molar-refractivity contribution < 1.29 is 32.2 Å². The topological polar surface area (TPSA) is 104 Å². The summed E-state index contributed by atoms with van der Waals surface area (Å²) in [7, 11) is -0.0332. The van der Waals surface area contributed by atoms with Crippen molar-refractivity contribution >= 4 is 32.7 Å². The molecule has 11 heteroatoms. The second kappa shape index (κ2) is 9.03. The molecule has 5 rings (SSSR count). The molecule has 34 heavy (non-hydrogen) atoms. The molecular weight excluding hydrogens is 480 g/mol. The lowest BCUT2D eigenvalue weighted by Gasteiger charge is -2.24. The predicted octanol–water partition coefficient (Wildman–Crippen LogP) is 2.27. The highest BCUT2D eigenvalue weighted by Crippen LogP contribution is 2.40. The standard InChI is InChI=1S/C23H24N2O7S2/c1-29-17-5-3-14(7-19(17)30-2)9-22(26)24-23-25(16-11-34(27,28)12-21(16)33-23)10-15-4-6-18-20(8-15)32-13-31-18/h3-8,16,21H,9-13H2,1-2H3/t16-,21-/m1/s1. The van der Waals surface area contributed by atoms with Gasteiger partial charge in [0.05, 0.1) is 38.2 Å². The first kappa shape index (κ1) is 22.9. The number of carbonyl (C=O) groups excluding carboxylic acids is 1. The first-order chi connectivity index (χ1) is 16.3. The third-order valence-corrected chi connectivity index (χ3v) is 9.24. The molecule has 0 N–H and O–H groups in total. The van der Waals surface area contributed by atoms with Gasteiger partial charge in [0.15, 0.2) is 38.0 Å². The number of hydrogen-bond acceptors (Lipinski definition) is 8. The Morgan fingerprint density at radius 2 is 1.82 bits per heavy atom. The minimum atomic E-state index is -3.13. The van der Waals surface area contributed by atoms with Crippen molar-refractivity contribution in [3.8, 4) is 23.0 Å². The molecule has 0 aromatic heterocycles. The number of amidine groups is 1. The van der Waals surface area contributed by atoms with E-state index in [-0.39, 0.29) is 41.9 Å². The third kappa shape index (κ3) is 4.54. The second-order valence-electron chi connectivity index (χ2n) is 8.27. The maximum absolute atomic E-state index is 12.9. The first-order valence-corrected chi connectivity index (χ1v) is 13.4. The van der Waals surface area contributed by atoms with Crippen LogP contribution < -0.4 is 18.9 Å². The van der Waals surface area contributed by atoms with Gasteiger partial charge >= 0.3 is 0 Å². The molecule has 0 radical (unpaired) electrons. The van der Waals surface area contributed by atoms with E-state index < -0.39 is 9.84 Å². The fourth-order valence-electron chi connectivity index (χ4n) is 4.37. The van der Waals surface area contributed by atoms with Gasteiger partial charge < -0.3 is 23.8 Å². The van der Waals surface area contributed by atoms with Crippen molar-refractivity contribution in [1.82, 2.24) is 4.90 Å². The van der Waals surface area contributed by atoms with Crippen LogP contribution in [-0.4, -0.2) is 68.2 Å². The lowest BCUT2D eigenvalue weighted by Crippen LogP contribution is -2.37. The fourth-order valence-corrected chi connectivity index (χ4v) is 8.34. The summed E-state index contributed by atoms with van der Waals surface area (Å²) < 4.78 is 46.0. The Hall–Kier alpha value is -2.92. The number of methoxy groups -OCH3 is 2. The number of thioether (sulfide) groups is 1. The molecule has 2 saturated heterocycles. The zero-order valence-electron chi connectivity index (χ0n) is 18.7. The number of aliphatic imine (C=N–C) groups is 1. The number of fused-ring (bicyclic) bond motifs is 2. The van der Waals surface area contributed by atoms with E-state index in [1.54, 1.807) is 32.4 Å². The SMILES string of the molecule is COc1ccc(CC(=O)N=C2S[C@@H]3CS(=O)(=O)C[C@H]3N2Cc2ccc3c(c2)OCO3)cc1OC. The maximum atomic E-state index is 12.9. The van der Waals surface area contributed by atoms with Gasteiger partial charge in [-0.05, 0) is 35.4 Å². The normalized spacial score (nSPS) is 23.2. The average molecular weight is 505 g/mol. The van der Waals surface area contributed by atoms with Gasteiger partial charge in [-0.3, -0.25) is 4.79 Å². The number of benzene rings is 2. The van der Waals surface area contributed by atoms with Crippen LogP contribution in [0.1, 0.15) is 11.1 Å². The van der Waals surface area contributed by atoms with Crippen LogP contribution in [0, 0.1) is 0 Å². The lowest BCUT2D eigenvalue weighted by atomic mass is 10.1. The van der Waals surface area contributed by atoms with Gasteiger partial charge in [-0.25, -0.2) is 8.42 Å². The molecule has 2 fully saturated rings. The highest BCUT2D eigenvalue weighted by Gasteiger charge is 2.48. The van der Waals surface area contributed by atoms with Crippen molar-refractivity contribution in [3.05, 3.63) is 47.5 Å². The molecular formula is C23H24N2O7S2. The number of amides is 1. The molecule has 0 aliphatic carbocycles. The highest BCUT2D eigenvalue weighted by molar-refractivity contribution is 8.15. The van der Waals surface area contributed by atoms with Gasteiger partial charge in [-0.15, -0.1) is 0 Å². The molecule has 2 aromatic carbocycles. The van der Waals surface area contributed by atoms with E-state index in [0.29, 0.717) is 34.7 Å². The summed E-state index contributed by atoms with van der Waals surface area (Å²) >= 11 is 1.36. The molecule has 0 unspecified atom stereocenters. The van der Waals surface area contributed by atoms with E-state index in [1.807, 2.05) is 23.1 Å². The number of hydrogen-bond donors (Lipinski definition) is 0. The van der Waals surface area contributed by atoms with Gasteiger partial charge in [0.1, 0.15) is 0 Å². The van der Waals surface area contributed by atoms with Crippen molar-refractivity contribution in [1.29, 1.82) is 0 Å². The van der Waals surface area contributed by atoms with Crippen LogP contribution in [-0.2, 0) is 27.6 Å². The Balaban J connectivity index is 1.38. The van der Waals surface area contributed by atoms with Gasteiger partial charge in [-0.2, -0.15) is 4.99 Å². The largest absolute Gasteiger partial charge is 0.493 e. The molecule has 9 nitrogen and oxygen atoms in total. The van der Waals surface area contributed by atoms with Crippen molar-refractivity contribution in [2.75, 3.05) is 32.5 Å². The number of rotatable bonds is 6. The highest BCUT2D eigenvalue weighted by atomic mass is 32.2. The Morgan fingerprint density at radius 1 is 1.06 bits per heavy atom. The molecule has 2 aromatic rings. The first-order valence-electron chi connectivity index (χ1n) is 10.7. The zero-order chi connectivity index (χ0) is 23.9. The number of ether oxygens (including phenoxy) is 4. The van der Waals surface area contributed by atoms with Crippen LogP contribution in [0.2, 0.25) is 0 Å². The molecule has 1 amide bonds. The van der Waals surface area contributed by atoms with E-state index in [2.05, 4.69) is 4.99 Å². The number of nitrogens with zero attached hydrogens (tertiary/aromatic N) is 2. The van der Waals surface area contributed by atoms with Crippen molar-refractivity contribution in [2.45, 2.75) is 24.3 Å². The second-order valence-corrected chi connectivity index (χ2v) is 11.6. The van der Waals surface area contributed by atoms with Crippen LogP contribution in [0.5, 0.6) is 23.0 Å². The monoisotopic (exact) mass is 504 g/mol. The molecule has 3 heterocycles. The van der Waals surface area contributed by atoms with Crippen molar-refractivity contribution in [2.24, 2.45) is 4.99 Å². The van der Waals surface area contributed by atoms with E-state index in [4.69, 9.17) is 18.9 Å². The molecule has 3 aliphatic heterocycles. The summed E-state index contributed by atoms with van der Waals surface area (Å²) in [5.74, 6) is 2.29. The minimum Gasteiger partial charge on any atom is -0.493 e. The Bertz CT molecular complexity index is 1260. The van der Waals surface area contributed by atoms with Crippen LogP contribution in [0.3, 0.4) is 0 Å². The van der Waals surface area contributed by atoms with E-state index in [9.17, 15) is 13.2 Å². The predicted molar refractivity (Wildman–Crippen MR) is 128 cm³/mol. The fraction of sp³-hybridized carbons (Fsp3) is 0.391. The summed E-state index contributed by atoms with van der Waals surface area (Å²) in [6.07, 6.45) is 0.0932. The van der Waals surface area contributed by atoms with Crippen LogP contribution in [0.15, 0.2) is 41.4 Å². The smallest absolute Gasteiger partial charge is 0.252 e. The van der Waals surface area contributed by atoms with Gasteiger partial charge in [0.2, 0.25) is 6.79 Å². The zero-order valence-corrected chi connectivity index (χ0v) is 20.4. The van der Waals surface area contributed by atoms with Crippen LogP contribution in [0.25, 0.3) is 0 Å². The third-order valence-electron chi connectivity index (χ3n) is 5.99. The van der Waals surface area contributed by atoms with E-state index >= 15 is 0 Å². The lowest BCUT2D eigenvalue weighted by molar-refractivity contribution is -0.117. The molecule has 0 spiro atoms. The summed E-state index contributed by atoms with van der Waals surface area (Å²) in [6.45, 7) is 0.599. The Morgan fingerprint density at radius 3 is 2.62 bits per heavy atom. The minimum absolute atomic E-state index is 0.0537. The Labute approximate surface area is 202 Å². The van der Waals surface area contributed by atoms with E-state index in [0.717, 1.165) is 11.1 Å². The summed E-state index contributed by atoms with van der Waals surface area (Å²) in [5, 5.41) is 0.402. The average Bonchev–Trinajstić information content (AvgIpc) is 3.46. The van der Waals surface area contributed by atoms with Crippen LogP contribution in [0.4, 0.5) is 0 Å². The summed E-state index contributed by atoms with van der Waals surface area (Å²) in [5.41, 5.74) is 1.68. The molecule has 0 saturated carbocycles. The Kier molecular flexibility index (Phi) is 6.07. The summed E-state index contributed by atoms with van der Waals surface area (Å²) in [6, 6.07) is 10.7. The van der Waals surface area contributed by atoms with Crippen molar-refractivity contribution in [3.63, 3.8) is 0 Å². The number of carbonyl (C=O) groups is 1. The maximum Gasteiger partial charge on any atom is 0.252 e. The molecule has 3 aliphatic rings.